The predicted molar refractivity (Wildman–Crippen MR) is 120 cm³/mol. The Morgan fingerprint density at radius 2 is 2.15 bits per heavy atom. The van der Waals surface area contributed by atoms with E-state index < -0.39 is 6.10 Å². The molecule has 0 bridgehead atoms. The second kappa shape index (κ2) is 14.4. The van der Waals surface area contributed by atoms with Gasteiger partial charge in [0.15, 0.2) is 5.96 Å². The zero-order valence-electron chi connectivity index (χ0n) is 15.8. The van der Waals surface area contributed by atoms with Gasteiger partial charge in [-0.1, -0.05) is 23.7 Å². The maximum atomic E-state index is 10.2. The Hall–Kier alpha value is -0.610. The highest BCUT2D eigenvalue weighted by Crippen LogP contribution is 2.16. The van der Waals surface area contributed by atoms with Crippen LogP contribution >= 0.6 is 35.6 Å². The second-order valence-electron chi connectivity index (χ2n) is 6.37. The van der Waals surface area contributed by atoms with Gasteiger partial charge >= 0.3 is 0 Å². The molecule has 2 atom stereocenters. The van der Waals surface area contributed by atoms with Crippen LogP contribution in [0.25, 0.3) is 0 Å². The lowest BCUT2D eigenvalue weighted by atomic mass is 10.1. The van der Waals surface area contributed by atoms with E-state index in [4.69, 9.17) is 21.1 Å². The highest BCUT2D eigenvalue weighted by atomic mass is 127. The van der Waals surface area contributed by atoms with E-state index in [2.05, 4.69) is 15.6 Å². The first-order valence-corrected chi connectivity index (χ1v) is 9.68. The lowest BCUT2D eigenvalue weighted by Gasteiger charge is -2.14. The van der Waals surface area contributed by atoms with E-state index in [1.165, 1.54) is 0 Å². The van der Waals surface area contributed by atoms with Crippen molar-refractivity contribution in [1.29, 1.82) is 0 Å². The van der Waals surface area contributed by atoms with Gasteiger partial charge in [0.25, 0.3) is 0 Å². The zero-order chi connectivity index (χ0) is 18.6. The first-order chi connectivity index (χ1) is 12.7. The molecule has 0 aromatic heterocycles. The minimum atomic E-state index is -0.653. The molecule has 2 unspecified atom stereocenters. The molecule has 1 aliphatic rings. The van der Waals surface area contributed by atoms with Crippen molar-refractivity contribution < 1.29 is 14.6 Å². The molecular weight excluding hydrogens is 481 g/mol. The maximum Gasteiger partial charge on any atom is 0.191 e. The Bertz CT molecular complexity index is 540. The van der Waals surface area contributed by atoms with Crippen molar-refractivity contribution in [3.63, 3.8) is 0 Å². The highest BCUT2D eigenvalue weighted by molar-refractivity contribution is 14.0. The van der Waals surface area contributed by atoms with Gasteiger partial charge in [-0.2, -0.15) is 0 Å². The molecule has 2 rings (SSSR count). The van der Waals surface area contributed by atoms with Crippen molar-refractivity contribution >= 4 is 41.5 Å². The minimum absolute atomic E-state index is 0. The Balaban J connectivity index is 0.00000364. The Morgan fingerprint density at radius 3 is 2.81 bits per heavy atom. The molecule has 0 aliphatic carbocycles. The molecule has 1 saturated heterocycles. The molecular formula is C19H31ClIN3O3. The van der Waals surface area contributed by atoms with E-state index in [-0.39, 0.29) is 30.5 Å². The fraction of sp³-hybridized carbons (Fsp3) is 0.632. The van der Waals surface area contributed by atoms with E-state index in [0.29, 0.717) is 16.9 Å². The third-order valence-electron chi connectivity index (χ3n) is 4.16. The largest absolute Gasteiger partial charge is 0.386 e. The molecule has 0 saturated carbocycles. The molecule has 6 nitrogen and oxygen atoms in total. The number of nitrogens with one attached hydrogen (secondary N) is 2. The topological polar surface area (TPSA) is 75.1 Å². The Kier molecular flexibility index (Phi) is 13.0. The van der Waals surface area contributed by atoms with Gasteiger partial charge in [-0.3, -0.25) is 4.99 Å². The number of aliphatic imine (C=N–C) groups is 1. The van der Waals surface area contributed by atoms with Crippen molar-refractivity contribution in [2.24, 2.45) is 10.9 Å². The molecule has 0 amide bonds. The normalized spacial score (nSPS) is 18.0. The summed E-state index contributed by atoms with van der Waals surface area (Å²) >= 11 is 5.87. The maximum absolute atomic E-state index is 10.2. The van der Waals surface area contributed by atoms with Crippen molar-refractivity contribution in [3.8, 4) is 0 Å². The van der Waals surface area contributed by atoms with Crippen LogP contribution in [0.4, 0.5) is 0 Å². The van der Waals surface area contributed by atoms with Crippen LogP contribution in [-0.2, 0) is 9.47 Å². The third kappa shape index (κ3) is 9.94. The smallest absolute Gasteiger partial charge is 0.191 e. The van der Waals surface area contributed by atoms with Crippen LogP contribution < -0.4 is 10.6 Å². The number of ether oxygens (including phenoxy) is 2. The number of hydrogen-bond donors (Lipinski definition) is 3. The fourth-order valence-electron chi connectivity index (χ4n) is 2.66. The first-order valence-electron chi connectivity index (χ1n) is 9.30. The molecule has 1 aromatic rings. The van der Waals surface area contributed by atoms with E-state index in [9.17, 15) is 5.11 Å². The van der Waals surface area contributed by atoms with Crippen LogP contribution in [0.15, 0.2) is 29.3 Å². The standard InChI is InChI=1S/C19H30ClN3O3.HI/c1-2-21-19(22-9-3-10-25-13-15-8-11-26-14-15)23-12-18(24)16-4-6-17(20)7-5-16;/h4-7,15,18,24H,2-3,8-14H2,1H3,(H2,21,22,23);1H. The van der Waals surface area contributed by atoms with Gasteiger partial charge in [0.2, 0.25) is 0 Å². The SMILES string of the molecule is CCNC(=NCC(O)c1ccc(Cl)cc1)NCCCOCC1CCOC1.I. The number of halogens is 2. The lowest BCUT2D eigenvalue weighted by Crippen LogP contribution is -2.38. The molecule has 3 N–H and O–H groups in total. The fourth-order valence-corrected chi connectivity index (χ4v) is 2.78. The van der Waals surface area contributed by atoms with Crippen LogP contribution in [0.3, 0.4) is 0 Å². The molecule has 8 heteroatoms. The van der Waals surface area contributed by atoms with Crippen LogP contribution in [0.2, 0.25) is 5.02 Å². The third-order valence-corrected chi connectivity index (χ3v) is 4.41. The average Bonchev–Trinajstić information content (AvgIpc) is 3.16. The van der Waals surface area contributed by atoms with Gasteiger partial charge in [0, 0.05) is 37.2 Å². The van der Waals surface area contributed by atoms with Gasteiger partial charge in [0.05, 0.1) is 25.9 Å². The summed E-state index contributed by atoms with van der Waals surface area (Å²) in [5, 5.41) is 17.3. The molecule has 1 fully saturated rings. The van der Waals surface area contributed by atoms with E-state index in [1.807, 2.05) is 19.1 Å². The highest BCUT2D eigenvalue weighted by Gasteiger charge is 2.15. The monoisotopic (exact) mass is 511 g/mol. The average molecular weight is 512 g/mol. The van der Waals surface area contributed by atoms with Gasteiger partial charge < -0.3 is 25.2 Å². The summed E-state index contributed by atoms with van der Waals surface area (Å²) in [6.07, 6.45) is 1.35. The van der Waals surface area contributed by atoms with Crippen molar-refractivity contribution in [1.82, 2.24) is 10.6 Å². The molecule has 1 heterocycles. The van der Waals surface area contributed by atoms with Crippen LogP contribution in [-0.4, -0.2) is 57.1 Å². The number of guanidine groups is 1. The number of aliphatic hydroxyl groups excluding tert-OH is 1. The van der Waals surface area contributed by atoms with E-state index in [0.717, 1.165) is 57.9 Å². The molecule has 154 valence electrons. The van der Waals surface area contributed by atoms with Crippen LogP contribution in [0.5, 0.6) is 0 Å². The van der Waals surface area contributed by atoms with E-state index >= 15 is 0 Å². The van der Waals surface area contributed by atoms with Crippen molar-refractivity contribution in [3.05, 3.63) is 34.9 Å². The summed E-state index contributed by atoms with van der Waals surface area (Å²) in [4.78, 5) is 4.45. The van der Waals surface area contributed by atoms with Gasteiger partial charge in [-0.05, 0) is 37.5 Å². The minimum Gasteiger partial charge on any atom is -0.386 e. The predicted octanol–water partition coefficient (Wildman–Crippen LogP) is 2.99. The number of rotatable bonds is 10. The number of nitrogens with zero attached hydrogens (tertiary/aromatic N) is 1. The molecule has 0 radical (unpaired) electrons. The number of hydrogen-bond acceptors (Lipinski definition) is 4. The molecule has 1 aromatic carbocycles. The molecule has 0 spiro atoms. The van der Waals surface area contributed by atoms with Crippen LogP contribution in [0, 0.1) is 5.92 Å². The summed E-state index contributed by atoms with van der Waals surface area (Å²) in [5.41, 5.74) is 0.804. The summed E-state index contributed by atoms with van der Waals surface area (Å²) in [7, 11) is 0. The Labute approximate surface area is 184 Å². The summed E-state index contributed by atoms with van der Waals surface area (Å²) in [5.74, 6) is 1.25. The number of aliphatic hydroxyl groups is 1. The quantitative estimate of drug-likeness (QED) is 0.195. The van der Waals surface area contributed by atoms with Crippen LogP contribution in [0.1, 0.15) is 31.4 Å². The first kappa shape index (κ1) is 24.4. The van der Waals surface area contributed by atoms with Gasteiger partial charge in [0.1, 0.15) is 0 Å². The van der Waals surface area contributed by atoms with Crippen molar-refractivity contribution in [2.75, 3.05) is 46.1 Å². The molecule has 27 heavy (non-hydrogen) atoms. The molecule has 1 aliphatic heterocycles. The number of benzene rings is 1. The summed E-state index contributed by atoms with van der Waals surface area (Å²) in [6, 6.07) is 7.17. The lowest BCUT2D eigenvalue weighted by molar-refractivity contribution is 0.0888. The van der Waals surface area contributed by atoms with Gasteiger partial charge in [-0.15, -0.1) is 24.0 Å². The second-order valence-corrected chi connectivity index (χ2v) is 6.81. The summed E-state index contributed by atoms with van der Waals surface area (Å²) < 4.78 is 11.0. The van der Waals surface area contributed by atoms with Crippen molar-refractivity contribution in [2.45, 2.75) is 25.9 Å². The summed E-state index contributed by atoms with van der Waals surface area (Å²) in [6.45, 7) is 7.02. The zero-order valence-corrected chi connectivity index (χ0v) is 18.9. The van der Waals surface area contributed by atoms with E-state index in [1.54, 1.807) is 12.1 Å². The van der Waals surface area contributed by atoms with Gasteiger partial charge in [-0.25, -0.2) is 0 Å². The Morgan fingerprint density at radius 1 is 1.37 bits per heavy atom.